The van der Waals surface area contributed by atoms with Crippen LogP contribution in [0.2, 0.25) is 0 Å². The van der Waals surface area contributed by atoms with Gasteiger partial charge in [-0.2, -0.15) is 0 Å². The topological polar surface area (TPSA) is 64.1 Å². The van der Waals surface area contributed by atoms with E-state index in [0.717, 1.165) is 10.5 Å². The highest BCUT2D eigenvalue weighted by atomic mass is 16.3. The van der Waals surface area contributed by atoms with Gasteiger partial charge in [0.15, 0.2) is 5.78 Å². The van der Waals surface area contributed by atoms with E-state index in [9.17, 15) is 14.7 Å². The third-order valence-corrected chi connectivity index (χ3v) is 2.59. The molecule has 1 N–H and O–H groups in total. The lowest BCUT2D eigenvalue weighted by molar-refractivity contribution is -0.116. The lowest BCUT2D eigenvalue weighted by Crippen LogP contribution is -2.51. The standard InChI is InChI=1S/C11H13N3O3/c1-7-4-9(8(2)15)13-6-10(16)12(3)11(17)14(13)5-7/h4-6,16H,1-3H3. The monoisotopic (exact) mass is 235 g/mol. The van der Waals surface area contributed by atoms with Gasteiger partial charge in [-0.15, -0.1) is 0 Å². The van der Waals surface area contributed by atoms with Gasteiger partial charge >= 0.3 is 6.03 Å². The number of nitrogens with zero attached hydrogens (tertiary/aromatic N) is 3. The highest BCUT2D eigenvalue weighted by Crippen LogP contribution is 2.26. The summed E-state index contributed by atoms with van der Waals surface area (Å²) in [6, 6.07) is -0.420. The minimum absolute atomic E-state index is 0.177. The third kappa shape index (κ3) is 1.67. The Balaban J connectivity index is 2.52. The van der Waals surface area contributed by atoms with Crippen molar-refractivity contribution in [2.24, 2.45) is 0 Å². The molecule has 0 radical (unpaired) electrons. The van der Waals surface area contributed by atoms with Crippen LogP contribution < -0.4 is 0 Å². The van der Waals surface area contributed by atoms with Crippen molar-refractivity contribution in [3.8, 4) is 0 Å². The Morgan fingerprint density at radius 2 is 1.94 bits per heavy atom. The summed E-state index contributed by atoms with van der Waals surface area (Å²) in [4.78, 5) is 24.5. The summed E-state index contributed by atoms with van der Waals surface area (Å²) < 4.78 is 0. The molecule has 0 spiro atoms. The SMILES string of the molecule is CC(=O)C1=CC(C)=CN2C(=O)N(C)C(O)=CN12. The van der Waals surface area contributed by atoms with Crippen LogP contribution in [0.25, 0.3) is 0 Å². The highest BCUT2D eigenvalue weighted by Gasteiger charge is 2.34. The summed E-state index contributed by atoms with van der Waals surface area (Å²) >= 11 is 0. The summed E-state index contributed by atoms with van der Waals surface area (Å²) in [6.45, 7) is 3.21. The molecule has 90 valence electrons. The van der Waals surface area contributed by atoms with Crippen LogP contribution >= 0.6 is 0 Å². The van der Waals surface area contributed by atoms with Crippen molar-refractivity contribution in [1.29, 1.82) is 0 Å². The van der Waals surface area contributed by atoms with Crippen LogP contribution in [-0.4, -0.2) is 38.9 Å². The number of hydrazine groups is 1. The number of amides is 2. The van der Waals surface area contributed by atoms with E-state index in [1.807, 2.05) is 0 Å². The summed E-state index contributed by atoms with van der Waals surface area (Å²) in [5, 5.41) is 12.2. The number of ketones is 1. The van der Waals surface area contributed by atoms with E-state index in [-0.39, 0.29) is 11.7 Å². The van der Waals surface area contributed by atoms with Crippen molar-refractivity contribution in [2.45, 2.75) is 13.8 Å². The first-order valence-corrected chi connectivity index (χ1v) is 5.09. The van der Waals surface area contributed by atoms with Crippen molar-refractivity contribution >= 4 is 11.8 Å². The van der Waals surface area contributed by atoms with E-state index in [0.29, 0.717) is 5.70 Å². The normalized spacial score (nSPS) is 19.6. The van der Waals surface area contributed by atoms with Gasteiger partial charge in [-0.1, -0.05) is 0 Å². The number of hydrogen-bond donors (Lipinski definition) is 1. The minimum Gasteiger partial charge on any atom is -0.493 e. The fraction of sp³-hybridized carbons (Fsp3) is 0.273. The number of fused-ring (bicyclic) bond motifs is 1. The van der Waals surface area contributed by atoms with E-state index in [1.165, 1.54) is 30.2 Å². The molecule has 0 unspecified atom stereocenters. The zero-order valence-corrected chi connectivity index (χ0v) is 9.84. The molecule has 2 aliphatic rings. The van der Waals surface area contributed by atoms with Gasteiger partial charge in [0.25, 0.3) is 0 Å². The van der Waals surface area contributed by atoms with Gasteiger partial charge in [-0.05, 0) is 18.6 Å². The average molecular weight is 235 g/mol. The predicted octanol–water partition coefficient (Wildman–Crippen LogP) is 1.32. The molecule has 2 rings (SSSR count). The number of carbonyl (C=O) groups excluding carboxylic acids is 2. The Morgan fingerprint density at radius 1 is 1.29 bits per heavy atom. The second kappa shape index (κ2) is 3.65. The molecule has 17 heavy (non-hydrogen) atoms. The summed E-state index contributed by atoms with van der Waals surface area (Å²) in [7, 11) is 1.46. The van der Waals surface area contributed by atoms with Crippen LogP contribution in [0, 0.1) is 0 Å². The van der Waals surface area contributed by atoms with Gasteiger partial charge in [0.2, 0.25) is 5.88 Å². The molecular weight excluding hydrogens is 222 g/mol. The smallest absolute Gasteiger partial charge is 0.349 e. The van der Waals surface area contributed by atoms with Crippen LogP contribution in [0.4, 0.5) is 4.79 Å². The Morgan fingerprint density at radius 3 is 2.53 bits per heavy atom. The molecule has 0 fully saturated rings. The van der Waals surface area contributed by atoms with E-state index in [4.69, 9.17) is 0 Å². The van der Waals surface area contributed by atoms with Crippen molar-refractivity contribution in [3.05, 3.63) is 35.6 Å². The third-order valence-electron chi connectivity index (χ3n) is 2.59. The van der Waals surface area contributed by atoms with Gasteiger partial charge in [-0.3, -0.25) is 9.69 Å². The molecule has 0 aromatic carbocycles. The molecule has 0 saturated carbocycles. The van der Waals surface area contributed by atoms with Gasteiger partial charge in [0.1, 0.15) is 5.70 Å². The Labute approximate surface area is 98.7 Å². The number of allylic oxidation sites excluding steroid dienone is 3. The van der Waals surface area contributed by atoms with Gasteiger partial charge < -0.3 is 5.11 Å². The number of urea groups is 1. The van der Waals surface area contributed by atoms with Crippen molar-refractivity contribution in [2.75, 3.05) is 7.05 Å². The first-order valence-electron chi connectivity index (χ1n) is 5.09. The second-order valence-electron chi connectivity index (χ2n) is 3.98. The quantitative estimate of drug-likeness (QED) is 0.744. The maximum absolute atomic E-state index is 11.9. The zero-order chi connectivity index (χ0) is 12.7. The maximum atomic E-state index is 11.9. The van der Waals surface area contributed by atoms with Crippen LogP contribution in [0.15, 0.2) is 35.6 Å². The fourth-order valence-electron chi connectivity index (χ4n) is 1.68. The van der Waals surface area contributed by atoms with Crippen molar-refractivity contribution in [1.82, 2.24) is 14.9 Å². The highest BCUT2D eigenvalue weighted by molar-refractivity contribution is 5.94. The molecule has 2 amide bonds. The Bertz CT molecular complexity index is 490. The van der Waals surface area contributed by atoms with Crippen LogP contribution in [0.1, 0.15) is 13.8 Å². The number of hydrogen-bond acceptors (Lipinski definition) is 4. The molecule has 6 heteroatoms. The largest absolute Gasteiger partial charge is 0.493 e. The minimum atomic E-state index is -0.420. The molecule has 0 atom stereocenters. The molecule has 0 aromatic rings. The lowest BCUT2D eigenvalue weighted by atomic mass is 10.2. The number of Topliss-reactive ketones (excluding diaryl/α,β-unsaturated/α-hetero) is 1. The second-order valence-corrected chi connectivity index (χ2v) is 3.98. The van der Waals surface area contributed by atoms with Gasteiger partial charge in [0, 0.05) is 20.2 Å². The molecule has 0 saturated heterocycles. The number of rotatable bonds is 1. The van der Waals surface area contributed by atoms with E-state index >= 15 is 0 Å². The first-order chi connectivity index (χ1) is 7.91. The van der Waals surface area contributed by atoms with E-state index in [1.54, 1.807) is 19.2 Å². The lowest BCUT2D eigenvalue weighted by Gasteiger charge is -2.40. The predicted molar refractivity (Wildman–Crippen MR) is 60.1 cm³/mol. The van der Waals surface area contributed by atoms with Crippen molar-refractivity contribution in [3.63, 3.8) is 0 Å². The molecule has 0 bridgehead atoms. The van der Waals surface area contributed by atoms with Gasteiger partial charge in [-0.25, -0.2) is 14.8 Å². The molecule has 2 heterocycles. The molecule has 0 aliphatic carbocycles. The summed E-state index contributed by atoms with van der Waals surface area (Å²) in [5.41, 5.74) is 1.14. The Kier molecular flexibility index (Phi) is 2.42. The molecule has 0 aromatic heterocycles. The zero-order valence-electron chi connectivity index (χ0n) is 9.84. The summed E-state index contributed by atoms with van der Waals surface area (Å²) in [5.74, 6) is -0.379. The molecule has 6 nitrogen and oxygen atoms in total. The van der Waals surface area contributed by atoms with Crippen LogP contribution in [0.5, 0.6) is 0 Å². The number of aliphatic hydroxyl groups is 1. The van der Waals surface area contributed by atoms with E-state index < -0.39 is 6.03 Å². The fourth-order valence-corrected chi connectivity index (χ4v) is 1.68. The Hall–Kier alpha value is -2.24. The number of carbonyl (C=O) groups is 2. The molecule has 2 aliphatic heterocycles. The molecular formula is C11H13N3O3. The summed E-state index contributed by atoms with van der Waals surface area (Å²) in [6.07, 6.45) is 4.60. The van der Waals surface area contributed by atoms with Gasteiger partial charge in [0.05, 0.1) is 6.20 Å². The van der Waals surface area contributed by atoms with Crippen molar-refractivity contribution < 1.29 is 14.7 Å². The van der Waals surface area contributed by atoms with Crippen LogP contribution in [-0.2, 0) is 4.79 Å². The van der Waals surface area contributed by atoms with E-state index in [2.05, 4.69) is 0 Å². The maximum Gasteiger partial charge on any atom is 0.349 e. The average Bonchev–Trinajstić information content (AvgIpc) is 2.26. The number of aliphatic hydroxyl groups excluding tert-OH is 1. The van der Waals surface area contributed by atoms with Crippen LogP contribution in [0.3, 0.4) is 0 Å². The first kappa shape index (κ1) is 11.3.